The number of piperidine rings is 1. The third-order valence-electron chi connectivity index (χ3n) is 13.1. The maximum absolute atomic E-state index is 13.4. The van der Waals surface area contributed by atoms with Gasteiger partial charge in [0.25, 0.3) is 11.8 Å². The molecule has 3 N–H and O–H groups in total. The van der Waals surface area contributed by atoms with Crippen LogP contribution in [0, 0.1) is 0 Å². The van der Waals surface area contributed by atoms with Gasteiger partial charge in [-0.3, -0.25) is 44.1 Å². The van der Waals surface area contributed by atoms with Gasteiger partial charge in [-0.1, -0.05) is 42.5 Å². The van der Waals surface area contributed by atoms with Gasteiger partial charge in [-0.2, -0.15) is 0 Å². The Morgan fingerprint density at radius 3 is 1.93 bits per heavy atom. The van der Waals surface area contributed by atoms with Gasteiger partial charge < -0.3 is 24.6 Å². The summed E-state index contributed by atoms with van der Waals surface area (Å²) in [5, 5.41) is 14.6. The maximum Gasteiger partial charge on any atom is 0.573 e. The van der Waals surface area contributed by atoms with Crippen molar-refractivity contribution in [1.29, 1.82) is 0 Å². The molecule has 5 aromatic rings. The number of nitrogens with one attached hydrogen (secondary N) is 2. The fraction of sp³-hybridized carbons (Fsp3) is 0.367. The van der Waals surface area contributed by atoms with E-state index in [0.29, 0.717) is 19.5 Å². The van der Waals surface area contributed by atoms with E-state index >= 15 is 0 Å². The summed E-state index contributed by atoms with van der Waals surface area (Å²) < 4.78 is 44.7. The van der Waals surface area contributed by atoms with Crippen LogP contribution in [0.3, 0.4) is 0 Å². The molecular weight excluding hydrogens is 870 g/mol. The van der Waals surface area contributed by atoms with Crippen LogP contribution in [0.15, 0.2) is 91.1 Å². The van der Waals surface area contributed by atoms with Gasteiger partial charge in [0.2, 0.25) is 11.8 Å². The number of carbonyl (C=O) groups excluding carboxylic acids is 4. The van der Waals surface area contributed by atoms with Crippen molar-refractivity contribution in [2.45, 2.75) is 57.8 Å². The molecule has 15 nitrogen and oxygen atoms in total. The Bertz CT molecular complexity index is 2670. The van der Waals surface area contributed by atoms with Gasteiger partial charge in [-0.25, -0.2) is 4.79 Å². The summed E-state index contributed by atoms with van der Waals surface area (Å²) in [5.41, 5.74) is 7.59. The highest BCUT2D eigenvalue weighted by atomic mass is 19.4. The number of aromatic nitrogens is 1. The summed E-state index contributed by atoms with van der Waals surface area (Å²) in [5.74, 6) is -2.33. The molecule has 4 aliphatic heterocycles. The number of hydrogen-bond donors (Lipinski definition) is 3. The van der Waals surface area contributed by atoms with Crippen LogP contribution in [0.1, 0.15) is 56.7 Å². The van der Waals surface area contributed by atoms with Crippen molar-refractivity contribution in [3.05, 3.63) is 119 Å². The number of aryl methyl sites for hydroxylation is 1. The molecule has 5 amide bonds. The minimum atomic E-state index is -4.78. The van der Waals surface area contributed by atoms with Crippen LogP contribution in [-0.4, -0.2) is 130 Å². The number of anilines is 1. The lowest BCUT2D eigenvalue weighted by atomic mass is 10.0. The molecule has 4 aromatic carbocycles. The second-order valence-corrected chi connectivity index (χ2v) is 17.6. The Balaban J connectivity index is 0.752. The van der Waals surface area contributed by atoms with E-state index in [1.165, 1.54) is 23.3 Å². The van der Waals surface area contributed by atoms with Crippen molar-refractivity contribution in [3.63, 3.8) is 0 Å². The smallest absolute Gasteiger partial charge is 0.465 e. The number of hydrogen-bond acceptors (Lipinski definition) is 10. The summed E-state index contributed by atoms with van der Waals surface area (Å²) in [4.78, 5) is 72.1. The standard InChI is InChI=1S/C49H51F3N8O7/c50-49(51,52)67-37-10-7-35(8-11-37)41-31-59(17-1-16-53-48(65)66)42-13-6-34(26-39(41)42)30-56-20-18-55(19-21-56)28-32-2-4-33(5-3-32)29-57-22-24-58(25-23-57)36-9-12-38-40(27-36)47(64)60(46(38)63)43-14-15-44(61)54-45(43)62/h2-13,26-27,31,43,53H,1,14-25,28-30H2,(H,65,66)(H,54,61,62). The number of carboxylic acid groups (broad SMARTS) is 1. The van der Waals surface area contributed by atoms with E-state index in [4.69, 9.17) is 5.11 Å². The highest BCUT2D eigenvalue weighted by Crippen LogP contribution is 2.35. The third-order valence-corrected chi connectivity index (χ3v) is 13.1. The minimum Gasteiger partial charge on any atom is -0.465 e. The van der Waals surface area contributed by atoms with Crippen LogP contribution >= 0.6 is 0 Å². The van der Waals surface area contributed by atoms with Crippen LogP contribution in [-0.2, 0) is 35.8 Å². The van der Waals surface area contributed by atoms with Crippen molar-refractivity contribution in [3.8, 4) is 16.9 Å². The van der Waals surface area contributed by atoms with Crippen LogP contribution in [0.4, 0.5) is 23.7 Å². The monoisotopic (exact) mass is 920 g/mol. The Morgan fingerprint density at radius 2 is 1.31 bits per heavy atom. The molecular formula is C49H51F3N8O7. The molecule has 3 fully saturated rings. The first-order valence-electron chi connectivity index (χ1n) is 22.5. The molecule has 0 aliphatic carbocycles. The number of alkyl halides is 3. The lowest BCUT2D eigenvalue weighted by Gasteiger charge is -2.36. The highest BCUT2D eigenvalue weighted by molar-refractivity contribution is 6.23. The molecule has 1 aromatic heterocycles. The van der Waals surface area contributed by atoms with Crippen molar-refractivity contribution >= 4 is 46.3 Å². The number of rotatable bonds is 14. The van der Waals surface area contributed by atoms with E-state index in [9.17, 15) is 37.1 Å². The lowest BCUT2D eigenvalue weighted by molar-refractivity contribution is -0.274. The third kappa shape index (κ3) is 10.5. The van der Waals surface area contributed by atoms with Gasteiger partial charge in [-0.05, 0) is 77.6 Å². The lowest BCUT2D eigenvalue weighted by Crippen LogP contribution is -2.54. The SMILES string of the molecule is O=C(O)NCCCn1cc(-c2ccc(OC(F)(F)F)cc2)c2cc(CN3CCN(Cc4ccc(CN5CCN(c6ccc7c(c6)C(=O)N(C6CCC(=O)NC6=O)C7=O)CC5)cc4)CC3)ccc21. The average molecular weight is 921 g/mol. The van der Waals surface area contributed by atoms with Crippen LogP contribution in [0.5, 0.6) is 5.75 Å². The fourth-order valence-corrected chi connectivity index (χ4v) is 9.59. The van der Waals surface area contributed by atoms with Crippen molar-refractivity contribution in [1.82, 2.24) is 34.8 Å². The first-order chi connectivity index (χ1) is 32.2. The maximum atomic E-state index is 13.4. The Hall–Kier alpha value is -6.76. The van der Waals surface area contributed by atoms with Gasteiger partial charge in [-0.15, -0.1) is 13.2 Å². The second-order valence-electron chi connectivity index (χ2n) is 17.6. The van der Waals surface area contributed by atoms with Crippen molar-refractivity contribution in [2.75, 3.05) is 63.8 Å². The largest absolute Gasteiger partial charge is 0.573 e. The number of imide groups is 2. The number of benzene rings is 4. The zero-order valence-electron chi connectivity index (χ0n) is 36.8. The van der Waals surface area contributed by atoms with E-state index in [0.717, 1.165) is 110 Å². The van der Waals surface area contributed by atoms with Gasteiger partial charge in [0, 0.05) is 120 Å². The Kier molecular flexibility index (Phi) is 13.0. The Morgan fingerprint density at radius 1 is 0.716 bits per heavy atom. The van der Waals surface area contributed by atoms with E-state index in [-0.39, 0.29) is 29.7 Å². The first kappa shape index (κ1) is 45.4. The number of fused-ring (bicyclic) bond motifs is 2. The van der Waals surface area contributed by atoms with E-state index in [1.54, 1.807) is 24.3 Å². The molecule has 1 unspecified atom stereocenters. The van der Waals surface area contributed by atoms with Gasteiger partial charge in [0.05, 0.1) is 11.1 Å². The zero-order valence-corrected chi connectivity index (χ0v) is 36.8. The number of ether oxygens (including phenoxy) is 1. The van der Waals surface area contributed by atoms with Crippen molar-refractivity contribution in [2.24, 2.45) is 0 Å². The van der Waals surface area contributed by atoms with Crippen molar-refractivity contribution < 1.29 is 47.0 Å². The number of nitrogens with zero attached hydrogens (tertiary/aromatic N) is 6. The quantitative estimate of drug-likeness (QED) is 0.0899. The normalized spacial score (nSPS) is 18.7. The molecule has 0 radical (unpaired) electrons. The van der Waals surface area contributed by atoms with Gasteiger partial charge >= 0.3 is 12.5 Å². The Labute approximate surface area is 384 Å². The number of halogens is 3. The molecule has 3 saturated heterocycles. The first-order valence-corrected chi connectivity index (χ1v) is 22.5. The average Bonchev–Trinajstić information content (AvgIpc) is 3.78. The summed E-state index contributed by atoms with van der Waals surface area (Å²) in [6.07, 6.45) is -3.13. The molecule has 67 heavy (non-hydrogen) atoms. The van der Waals surface area contributed by atoms with Crippen LogP contribution in [0.25, 0.3) is 22.0 Å². The molecule has 5 heterocycles. The molecule has 350 valence electrons. The second kappa shape index (κ2) is 19.2. The molecule has 18 heteroatoms. The van der Waals surface area contributed by atoms with E-state index in [1.807, 2.05) is 12.3 Å². The minimum absolute atomic E-state index is 0.0765. The fourth-order valence-electron chi connectivity index (χ4n) is 9.59. The number of amides is 5. The summed E-state index contributed by atoms with van der Waals surface area (Å²) in [6.45, 7) is 10.0. The predicted octanol–water partition coefficient (Wildman–Crippen LogP) is 5.91. The van der Waals surface area contributed by atoms with Crippen LogP contribution in [0.2, 0.25) is 0 Å². The predicted molar refractivity (Wildman–Crippen MR) is 242 cm³/mol. The molecule has 1 atom stereocenters. The summed E-state index contributed by atoms with van der Waals surface area (Å²) >= 11 is 0. The zero-order chi connectivity index (χ0) is 46.8. The molecule has 4 aliphatic rings. The van der Waals surface area contributed by atoms with Gasteiger partial charge in [0.15, 0.2) is 0 Å². The molecule has 0 bridgehead atoms. The van der Waals surface area contributed by atoms with E-state index < -0.39 is 42.1 Å². The van der Waals surface area contributed by atoms with Crippen LogP contribution < -0.4 is 20.3 Å². The summed E-state index contributed by atoms with van der Waals surface area (Å²) in [6, 6.07) is 25.3. The molecule has 0 saturated carbocycles. The van der Waals surface area contributed by atoms with Gasteiger partial charge in [0.1, 0.15) is 11.8 Å². The molecule has 9 rings (SSSR count). The highest BCUT2D eigenvalue weighted by Gasteiger charge is 2.45. The summed E-state index contributed by atoms with van der Waals surface area (Å²) in [7, 11) is 0. The van der Waals surface area contributed by atoms with E-state index in [2.05, 4.69) is 82.0 Å². The number of piperazine rings is 2. The molecule has 0 spiro atoms. The number of carbonyl (C=O) groups is 5. The topological polar surface area (TPSA) is 160 Å².